The lowest BCUT2D eigenvalue weighted by Crippen LogP contribution is -2.37. The first-order valence-electron chi connectivity index (χ1n) is 9.45. The Balaban J connectivity index is 1.97. The van der Waals surface area contributed by atoms with Gasteiger partial charge in [0.15, 0.2) is 5.78 Å². The van der Waals surface area contributed by atoms with E-state index >= 15 is 0 Å². The van der Waals surface area contributed by atoms with E-state index in [0.29, 0.717) is 6.54 Å². The molecule has 0 bridgehead atoms. The Morgan fingerprint density at radius 1 is 1.04 bits per heavy atom. The quantitative estimate of drug-likeness (QED) is 0.712. The summed E-state index contributed by atoms with van der Waals surface area (Å²) in [5.74, 6) is 1.19. The van der Waals surface area contributed by atoms with Crippen molar-refractivity contribution in [2.75, 3.05) is 18.0 Å². The van der Waals surface area contributed by atoms with Crippen molar-refractivity contribution in [2.45, 2.75) is 47.0 Å². The molecule has 0 amide bonds. The van der Waals surface area contributed by atoms with Crippen molar-refractivity contribution in [2.24, 2.45) is 4.99 Å². The van der Waals surface area contributed by atoms with Crippen molar-refractivity contribution in [3.8, 4) is 0 Å². The summed E-state index contributed by atoms with van der Waals surface area (Å²) in [5, 5.41) is 0. The van der Waals surface area contributed by atoms with Gasteiger partial charge in [-0.3, -0.25) is 9.79 Å². The molecule has 0 unspecified atom stereocenters. The van der Waals surface area contributed by atoms with Crippen molar-refractivity contribution in [1.82, 2.24) is 0 Å². The molecule has 0 N–H and O–H groups in total. The predicted octanol–water partition coefficient (Wildman–Crippen LogP) is 5.19. The van der Waals surface area contributed by atoms with Gasteiger partial charge in [0.25, 0.3) is 0 Å². The summed E-state index contributed by atoms with van der Waals surface area (Å²) >= 11 is 0. The second kappa shape index (κ2) is 7.86. The molecule has 0 aromatic heterocycles. The molecule has 0 aliphatic carbocycles. The summed E-state index contributed by atoms with van der Waals surface area (Å²) in [5.41, 5.74) is 6.59. The van der Waals surface area contributed by atoms with Gasteiger partial charge in [0.2, 0.25) is 0 Å². The highest BCUT2D eigenvalue weighted by Gasteiger charge is 2.22. The lowest BCUT2D eigenvalue weighted by Gasteiger charge is -2.30. The van der Waals surface area contributed by atoms with Gasteiger partial charge in [-0.25, -0.2) is 0 Å². The van der Waals surface area contributed by atoms with E-state index in [1.807, 2.05) is 19.1 Å². The summed E-state index contributed by atoms with van der Waals surface area (Å²) < 4.78 is 0. The van der Waals surface area contributed by atoms with Crippen molar-refractivity contribution in [1.29, 1.82) is 0 Å². The summed E-state index contributed by atoms with van der Waals surface area (Å²) in [4.78, 5) is 20.0. The maximum atomic E-state index is 13.1. The highest BCUT2D eigenvalue weighted by Crippen LogP contribution is 2.26. The third-order valence-corrected chi connectivity index (χ3v) is 5.27. The number of rotatable bonds is 4. The molecule has 0 saturated carbocycles. The Morgan fingerprint density at radius 3 is 2.54 bits per heavy atom. The number of hydrogen-bond donors (Lipinski definition) is 0. The zero-order valence-corrected chi connectivity index (χ0v) is 16.3. The molecule has 1 heterocycles. The van der Waals surface area contributed by atoms with Crippen LogP contribution in [0.1, 0.15) is 51.9 Å². The van der Waals surface area contributed by atoms with Crippen LogP contribution in [0.15, 0.2) is 41.4 Å². The molecular weight excluding hydrogens is 320 g/mol. The summed E-state index contributed by atoms with van der Waals surface area (Å²) in [7, 11) is 0. The third kappa shape index (κ3) is 3.87. The average Bonchev–Trinajstić information content (AvgIpc) is 2.63. The number of Topliss-reactive ketones (excluding diaryl/α,β-unsaturated/α-hetero) is 1. The Kier molecular flexibility index (Phi) is 5.55. The van der Waals surface area contributed by atoms with Gasteiger partial charge in [0, 0.05) is 24.2 Å². The van der Waals surface area contributed by atoms with Crippen molar-refractivity contribution < 1.29 is 4.79 Å². The molecule has 1 aliphatic heterocycles. The number of carbonyl (C=O) groups is 1. The van der Waals surface area contributed by atoms with Gasteiger partial charge in [0.1, 0.15) is 5.84 Å². The van der Waals surface area contributed by atoms with Crippen molar-refractivity contribution in [3.05, 3.63) is 64.2 Å². The van der Waals surface area contributed by atoms with Crippen LogP contribution < -0.4 is 4.90 Å². The van der Waals surface area contributed by atoms with Crippen LogP contribution in [-0.2, 0) is 0 Å². The van der Waals surface area contributed by atoms with E-state index in [0.717, 1.165) is 48.5 Å². The highest BCUT2D eigenvalue weighted by molar-refractivity contribution is 6.08. The van der Waals surface area contributed by atoms with E-state index in [-0.39, 0.29) is 5.78 Å². The second-order valence-corrected chi connectivity index (χ2v) is 7.30. The fraction of sp³-hybridized carbons (Fsp3) is 0.391. The molecule has 0 fully saturated rings. The van der Waals surface area contributed by atoms with Crippen LogP contribution in [0.25, 0.3) is 0 Å². The van der Waals surface area contributed by atoms with E-state index < -0.39 is 0 Å². The number of carbonyl (C=O) groups excluding carboxylic acids is 1. The van der Waals surface area contributed by atoms with Crippen LogP contribution in [0.4, 0.5) is 5.69 Å². The minimum atomic E-state index is 0.150. The third-order valence-electron chi connectivity index (χ3n) is 5.27. The number of hydrogen-bond acceptors (Lipinski definition) is 3. The molecule has 136 valence electrons. The Labute approximate surface area is 156 Å². The number of benzene rings is 2. The normalized spacial score (nSPS) is 14.1. The summed E-state index contributed by atoms with van der Waals surface area (Å²) in [6, 6.07) is 12.3. The first-order chi connectivity index (χ1) is 12.5. The molecule has 0 radical (unpaired) electrons. The maximum Gasteiger partial charge on any atom is 0.182 e. The zero-order chi connectivity index (χ0) is 18.7. The number of nitrogens with zero attached hydrogens (tertiary/aromatic N) is 2. The molecule has 2 aromatic carbocycles. The standard InChI is InChI=1S/C23H28N2O/c1-16-11-12-20(18(3)14-16)22(26)15-25(23-10-5-6-13-24-23)21-9-7-8-17(2)19(21)4/h7-9,11-12,14H,5-6,10,13,15H2,1-4H3. The van der Waals surface area contributed by atoms with Gasteiger partial charge in [-0.05, 0) is 63.3 Å². The monoisotopic (exact) mass is 348 g/mol. The van der Waals surface area contributed by atoms with E-state index in [2.05, 4.69) is 49.9 Å². The number of aliphatic imine (C=N–C) groups is 1. The first-order valence-corrected chi connectivity index (χ1v) is 9.45. The van der Waals surface area contributed by atoms with Gasteiger partial charge in [0.05, 0.1) is 6.54 Å². The topological polar surface area (TPSA) is 32.7 Å². The summed E-state index contributed by atoms with van der Waals surface area (Å²) in [6.45, 7) is 9.51. The fourth-order valence-electron chi connectivity index (χ4n) is 3.60. The first kappa shape index (κ1) is 18.4. The van der Waals surface area contributed by atoms with Gasteiger partial charge < -0.3 is 4.90 Å². The number of ketones is 1. The van der Waals surface area contributed by atoms with Gasteiger partial charge in [-0.1, -0.05) is 35.9 Å². The molecule has 2 aromatic rings. The SMILES string of the molecule is Cc1ccc(C(=O)CN(C2=NCCCC2)c2cccc(C)c2C)c(C)c1. The Morgan fingerprint density at radius 2 is 1.85 bits per heavy atom. The molecule has 1 aliphatic rings. The van der Waals surface area contributed by atoms with Gasteiger partial charge in [-0.2, -0.15) is 0 Å². The maximum absolute atomic E-state index is 13.1. The predicted molar refractivity (Wildman–Crippen MR) is 110 cm³/mol. The van der Waals surface area contributed by atoms with E-state index in [1.54, 1.807) is 0 Å². The van der Waals surface area contributed by atoms with Crippen LogP contribution in [0, 0.1) is 27.7 Å². The lowest BCUT2D eigenvalue weighted by atomic mass is 10.0. The van der Waals surface area contributed by atoms with Crippen LogP contribution in [0.3, 0.4) is 0 Å². The smallest absolute Gasteiger partial charge is 0.182 e. The molecule has 0 atom stereocenters. The fourth-order valence-corrected chi connectivity index (χ4v) is 3.60. The molecule has 26 heavy (non-hydrogen) atoms. The van der Waals surface area contributed by atoms with Gasteiger partial charge in [-0.15, -0.1) is 0 Å². The highest BCUT2D eigenvalue weighted by atomic mass is 16.1. The van der Waals surface area contributed by atoms with Crippen LogP contribution in [0.5, 0.6) is 0 Å². The van der Waals surface area contributed by atoms with E-state index in [9.17, 15) is 4.79 Å². The van der Waals surface area contributed by atoms with Crippen molar-refractivity contribution in [3.63, 3.8) is 0 Å². The Bertz CT molecular complexity index is 851. The zero-order valence-electron chi connectivity index (χ0n) is 16.3. The van der Waals surface area contributed by atoms with Crippen molar-refractivity contribution >= 4 is 17.3 Å². The number of anilines is 1. The van der Waals surface area contributed by atoms with Gasteiger partial charge >= 0.3 is 0 Å². The van der Waals surface area contributed by atoms with Crippen LogP contribution in [0.2, 0.25) is 0 Å². The molecular formula is C23H28N2O. The second-order valence-electron chi connectivity index (χ2n) is 7.30. The van der Waals surface area contributed by atoms with Crippen LogP contribution in [-0.4, -0.2) is 24.7 Å². The number of aryl methyl sites for hydroxylation is 3. The average molecular weight is 348 g/mol. The molecule has 3 rings (SSSR count). The van der Waals surface area contributed by atoms with Crippen LogP contribution >= 0.6 is 0 Å². The molecule has 3 nitrogen and oxygen atoms in total. The minimum absolute atomic E-state index is 0.150. The minimum Gasteiger partial charge on any atom is -0.322 e. The Hall–Kier alpha value is -2.42. The molecule has 0 saturated heterocycles. The molecule has 0 spiro atoms. The summed E-state index contributed by atoms with van der Waals surface area (Å²) in [6.07, 6.45) is 3.21. The van der Waals surface area contributed by atoms with E-state index in [4.69, 9.17) is 4.99 Å². The lowest BCUT2D eigenvalue weighted by molar-refractivity contribution is 0.100. The molecule has 3 heteroatoms. The van der Waals surface area contributed by atoms with E-state index in [1.165, 1.54) is 16.7 Å². The number of amidine groups is 1. The largest absolute Gasteiger partial charge is 0.322 e.